The Labute approximate surface area is 283 Å². The SMILES string of the molecule is O=C(NC1CCCCC1)N1Cc2ncnc(Nc3cnc4ccccc4c3)c2C1.c1ccc2ncc(Nc3ncnc4c3CNC4)cc2c1. The van der Waals surface area contributed by atoms with E-state index >= 15 is 0 Å². The van der Waals surface area contributed by atoms with Gasteiger partial charge in [-0.1, -0.05) is 55.7 Å². The molecule has 9 rings (SSSR count). The maximum Gasteiger partial charge on any atom is 0.318 e. The van der Waals surface area contributed by atoms with Crippen LogP contribution in [0.3, 0.4) is 0 Å². The summed E-state index contributed by atoms with van der Waals surface area (Å²) in [5.41, 5.74) is 7.83. The molecule has 2 aromatic carbocycles. The number of carbonyl (C=O) groups excluding carboxylic acids is 1. The molecule has 49 heavy (non-hydrogen) atoms. The van der Waals surface area contributed by atoms with Crippen LogP contribution < -0.4 is 21.3 Å². The number of aromatic nitrogens is 6. The smallest absolute Gasteiger partial charge is 0.318 e. The molecule has 6 aromatic rings. The minimum atomic E-state index is -0.00628. The molecule has 12 heteroatoms. The van der Waals surface area contributed by atoms with Gasteiger partial charge in [0.2, 0.25) is 0 Å². The number of urea groups is 1. The van der Waals surface area contributed by atoms with Gasteiger partial charge >= 0.3 is 6.03 Å². The lowest BCUT2D eigenvalue weighted by Gasteiger charge is -2.25. The second kappa shape index (κ2) is 13.8. The van der Waals surface area contributed by atoms with Crippen LogP contribution in [0.25, 0.3) is 21.8 Å². The van der Waals surface area contributed by atoms with Gasteiger partial charge in [0.05, 0.1) is 59.3 Å². The van der Waals surface area contributed by atoms with Gasteiger partial charge in [-0.3, -0.25) is 9.97 Å². The van der Waals surface area contributed by atoms with E-state index in [0.717, 1.165) is 93.3 Å². The van der Waals surface area contributed by atoms with Gasteiger partial charge in [0.15, 0.2) is 0 Å². The van der Waals surface area contributed by atoms with Gasteiger partial charge in [0.25, 0.3) is 0 Å². The first-order valence-electron chi connectivity index (χ1n) is 16.8. The van der Waals surface area contributed by atoms with E-state index in [0.29, 0.717) is 19.1 Å². The number of anilines is 4. The van der Waals surface area contributed by atoms with Crippen LogP contribution in [0, 0.1) is 0 Å². The van der Waals surface area contributed by atoms with Crippen LogP contribution in [-0.4, -0.2) is 46.9 Å². The molecule has 0 bridgehead atoms. The van der Waals surface area contributed by atoms with Gasteiger partial charge in [0, 0.05) is 41.0 Å². The van der Waals surface area contributed by atoms with Crippen LogP contribution in [0.15, 0.2) is 85.7 Å². The Morgan fingerprint density at radius 1 is 0.673 bits per heavy atom. The number of nitrogens with zero attached hydrogens (tertiary/aromatic N) is 7. The van der Waals surface area contributed by atoms with E-state index in [-0.39, 0.29) is 6.03 Å². The standard InChI is InChI=1S/C22H24N6O.C15H13N5/c29-22(27-16-7-2-1-3-8-16)28-12-18-20(13-28)24-14-25-21(18)26-17-10-15-6-4-5-9-19(15)23-11-17;1-2-4-13-10(3-1)5-11(6-17-13)20-15-12-7-16-8-14(12)18-9-19-15/h4-6,9-11,14,16H,1-3,7-8,12-13H2,(H,27,29)(H,24,25,26);1-6,9,16H,7-8H2,(H,18,19,20). The maximum atomic E-state index is 12.7. The molecule has 0 unspecified atom stereocenters. The van der Waals surface area contributed by atoms with E-state index in [1.165, 1.54) is 19.3 Å². The summed E-state index contributed by atoms with van der Waals surface area (Å²) in [7, 11) is 0. The largest absolute Gasteiger partial charge is 0.339 e. The van der Waals surface area contributed by atoms with Crippen LogP contribution in [0.4, 0.5) is 27.8 Å². The monoisotopic (exact) mass is 651 g/mol. The van der Waals surface area contributed by atoms with Crippen molar-refractivity contribution in [2.45, 2.75) is 64.3 Å². The number of carbonyl (C=O) groups is 1. The first-order chi connectivity index (χ1) is 24.2. The average Bonchev–Trinajstić information content (AvgIpc) is 3.82. The first kappa shape index (κ1) is 30.6. The fourth-order valence-electron chi connectivity index (χ4n) is 6.70. The Kier molecular flexibility index (Phi) is 8.59. The third kappa shape index (κ3) is 6.81. The molecule has 4 N–H and O–H groups in total. The van der Waals surface area contributed by atoms with E-state index in [1.54, 1.807) is 18.9 Å². The number of rotatable bonds is 5. The third-order valence-corrected chi connectivity index (χ3v) is 9.28. The van der Waals surface area contributed by atoms with Crippen LogP contribution in [-0.2, 0) is 26.2 Å². The predicted octanol–water partition coefficient (Wildman–Crippen LogP) is 6.50. The molecule has 1 fully saturated rings. The first-order valence-corrected chi connectivity index (χ1v) is 16.8. The predicted molar refractivity (Wildman–Crippen MR) is 189 cm³/mol. The zero-order valence-electron chi connectivity index (χ0n) is 27.1. The number of para-hydroxylation sites is 2. The second-order valence-electron chi connectivity index (χ2n) is 12.6. The molecule has 0 spiro atoms. The molecule has 4 aromatic heterocycles. The Bertz CT molecular complexity index is 2130. The zero-order chi connectivity index (χ0) is 33.0. The Balaban J connectivity index is 0.000000152. The fourth-order valence-corrected chi connectivity index (χ4v) is 6.70. The molecular formula is C37H37N11O. The number of nitrogens with one attached hydrogen (secondary N) is 4. The summed E-state index contributed by atoms with van der Waals surface area (Å²) in [5.74, 6) is 1.59. The van der Waals surface area contributed by atoms with Gasteiger partial charge < -0.3 is 26.2 Å². The van der Waals surface area contributed by atoms with E-state index in [4.69, 9.17) is 0 Å². The zero-order valence-corrected chi connectivity index (χ0v) is 27.1. The molecule has 12 nitrogen and oxygen atoms in total. The van der Waals surface area contributed by atoms with Gasteiger partial charge in [-0.25, -0.2) is 24.7 Å². The van der Waals surface area contributed by atoms with E-state index in [9.17, 15) is 4.79 Å². The highest BCUT2D eigenvalue weighted by Crippen LogP contribution is 2.30. The highest BCUT2D eigenvalue weighted by atomic mass is 16.2. The van der Waals surface area contributed by atoms with E-state index in [2.05, 4.69) is 69.4 Å². The summed E-state index contributed by atoms with van der Waals surface area (Å²) >= 11 is 0. The van der Waals surface area contributed by atoms with Crippen LogP contribution in [0.2, 0.25) is 0 Å². The molecule has 2 aliphatic heterocycles. The number of fused-ring (bicyclic) bond motifs is 4. The summed E-state index contributed by atoms with van der Waals surface area (Å²) in [5, 5.41) is 15.4. The highest BCUT2D eigenvalue weighted by molar-refractivity contribution is 5.83. The molecule has 1 saturated carbocycles. The van der Waals surface area contributed by atoms with Crippen molar-refractivity contribution in [2.75, 3.05) is 10.6 Å². The summed E-state index contributed by atoms with van der Waals surface area (Å²) in [6, 6.07) is 20.5. The lowest BCUT2D eigenvalue weighted by molar-refractivity contribution is 0.190. The summed E-state index contributed by atoms with van der Waals surface area (Å²) in [6.45, 7) is 2.64. The summed E-state index contributed by atoms with van der Waals surface area (Å²) < 4.78 is 0. The summed E-state index contributed by atoms with van der Waals surface area (Å²) in [6.07, 6.45) is 12.6. The molecule has 0 radical (unpaired) electrons. The number of hydrogen-bond donors (Lipinski definition) is 4. The number of hydrogen-bond acceptors (Lipinski definition) is 10. The van der Waals surface area contributed by atoms with Crippen molar-refractivity contribution >= 4 is 50.8 Å². The van der Waals surface area contributed by atoms with Crippen LogP contribution >= 0.6 is 0 Å². The quantitative estimate of drug-likeness (QED) is 0.163. The summed E-state index contributed by atoms with van der Waals surface area (Å²) in [4.78, 5) is 40.9. The lowest BCUT2D eigenvalue weighted by atomic mass is 9.96. The van der Waals surface area contributed by atoms with Crippen molar-refractivity contribution in [3.05, 3.63) is 108 Å². The molecule has 2 amide bonds. The molecule has 6 heterocycles. The fraction of sp³-hybridized carbons (Fsp3) is 0.270. The Morgan fingerprint density at radius 3 is 1.96 bits per heavy atom. The minimum Gasteiger partial charge on any atom is -0.339 e. The van der Waals surface area contributed by atoms with Crippen molar-refractivity contribution in [2.24, 2.45) is 0 Å². The van der Waals surface area contributed by atoms with Crippen molar-refractivity contribution < 1.29 is 4.79 Å². The normalized spacial score (nSPS) is 15.3. The maximum absolute atomic E-state index is 12.7. The van der Waals surface area contributed by atoms with Crippen molar-refractivity contribution in [1.29, 1.82) is 0 Å². The van der Waals surface area contributed by atoms with Crippen molar-refractivity contribution in [3.8, 4) is 0 Å². The molecule has 3 aliphatic rings. The average molecular weight is 652 g/mol. The number of amides is 2. The van der Waals surface area contributed by atoms with E-state index < -0.39 is 0 Å². The lowest BCUT2D eigenvalue weighted by Crippen LogP contribution is -2.43. The van der Waals surface area contributed by atoms with Gasteiger partial charge in [-0.05, 0) is 37.1 Å². The van der Waals surface area contributed by atoms with Gasteiger partial charge in [-0.2, -0.15) is 0 Å². The minimum absolute atomic E-state index is 0.00628. The van der Waals surface area contributed by atoms with E-state index in [1.807, 2.05) is 53.6 Å². The third-order valence-electron chi connectivity index (χ3n) is 9.28. The Hall–Kier alpha value is -5.75. The second-order valence-corrected chi connectivity index (χ2v) is 12.6. The number of pyridine rings is 2. The van der Waals surface area contributed by atoms with Crippen LogP contribution in [0.1, 0.15) is 54.6 Å². The van der Waals surface area contributed by atoms with Gasteiger partial charge in [0.1, 0.15) is 24.3 Å². The number of benzene rings is 2. The molecule has 1 aliphatic carbocycles. The molecule has 0 saturated heterocycles. The van der Waals surface area contributed by atoms with Crippen LogP contribution in [0.5, 0.6) is 0 Å². The topological polar surface area (TPSA) is 146 Å². The van der Waals surface area contributed by atoms with Crippen molar-refractivity contribution in [3.63, 3.8) is 0 Å². The molecule has 0 atom stereocenters. The van der Waals surface area contributed by atoms with Crippen molar-refractivity contribution in [1.82, 2.24) is 45.4 Å². The van der Waals surface area contributed by atoms with Gasteiger partial charge in [-0.15, -0.1) is 0 Å². The molecular weight excluding hydrogens is 614 g/mol. The highest BCUT2D eigenvalue weighted by Gasteiger charge is 2.29. The Morgan fingerprint density at radius 2 is 1.29 bits per heavy atom. The molecule has 246 valence electrons.